The minimum atomic E-state index is -0.758. The molecule has 0 radical (unpaired) electrons. The standard InChI is InChI=1S/C34H42FN3O2/c1-34(2,18-33(39)40)24-38-22-30(32(23-38)28-9-6-10-31(35)17-28)21-37-13-11-27(12-14-37)29-16-26(19-36-20-29)15-25-7-4-3-5-8-25/h3-10,16-17,19-20,27,30,32H,11-15,18,21-24H2,1-2H3,(H,39,40). The molecule has 6 heteroatoms. The van der Waals surface area contributed by atoms with Crippen LogP contribution in [-0.4, -0.2) is 65.1 Å². The van der Waals surface area contributed by atoms with Gasteiger partial charge in [-0.1, -0.05) is 62.4 Å². The van der Waals surface area contributed by atoms with Gasteiger partial charge in [-0.15, -0.1) is 0 Å². The molecule has 5 nitrogen and oxygen atoms in total. The number of aromatic nitrogens is 1. The molecule has 2 aliphatic rings. The predicted octanol–water partition coefficient (Wildman–Crippen LogP) is 6.21. The Morgan fingerprint density at radius 2 is 1.73 bits per heavy atom. The number of rotatable bonds is 10. The molecule has 40 heavy (non-hydrogen) atoms. The molecule has 1 N–H and O–H groups in total. The summed E-state index contributed by atoms with van der Waals surface area (Å²) in [7, 11) is 0. The van der Waals surface area contributed by atoms with Crippen LogP contribution in [0.1, 0.15) is 67.2 Å². The SMILES string of the molecule is CC(C)(CC(=O)O)CN1CC(CN2CCC(c3cncc(Cc4ccccc4)c3)CC2)C(c2cccc(F)c2)C1. The first-order valence-corrected chi connectivity index (χ1v) is 14.6. The number of carboxylic acids is 1. The van der Waals surface area contributed by atoms with Crippen LogP contribution in [0.25, 0.3) is 0 Å². The average Bonchev–Trinajstić information content (AvgIpc) is 3.30. The monoisotopic (exact) mass is 543 g/mol. The maximum absolute atomic E-state index is 14.2. The van der Waals surface area contributed by atoms with Crippen molar-refractivity contribution >= 4 is 5.97 Å². The van der Waals surface area contributed by atoms with Crippen molar-refractivity contribution in [1.82, 2.24) is 14.8 Å². The fourth-order valence-electron chi connectivity index (χ4n) is 6.90. The molecule has 1 aromatic heterocycles. The molecule has 2 saturated heterocycles. The van der Waals surface area contributed by atoms with Gasteiger partial charge in [-0.2, -0.15) is 0 Å². The molecule has 0 aliphatic carbocycles. The summed E-state index contributed by atoms with van der Waals surface area (Å²) in [5, 5.41) is 9.37. The smallest absolute Gasteiger partial charge is 0.303 e. The summed E-state index contributed by atoms with van der Waals surface area (Å²) in [5.74, 6) is 0.203. The molecule has 2 unspecified atom stereocenters. The molecule has 2 atom stereocenters. The molecule has 3 heterocycles. The maximum atomic E-state index is 14.2. The van der Waals surface area contributed by atoms with E-state index in [1.165, 1.54) is 22.8 Å². The Morgan fingerprint density at radius 3 is 2.45 bits per heavy atom. The summed E-state index contributed by atoms with van der Waals surface area (Å²) in [5.41, 5.74) is 4.66. The number of aliphatic carboxylic acids is 1. The van der Waals surface area contributed by atoms with Gasteiger partial charge >= 0.3 is 5.97 Å². The van der Waals surface area contributed by atoms with E-state index in [-0.39, 0.29) is 23.6 Å². The largest absolute Gasteiger partial charge is 0.481 e. The van der Waals surface area contributed by atoms with E-state index < -0.39 is 5.97 Å². The summed E-state index contributed by atoms with van der Waals surface area (Å²) < 4.78 is 14.2. The quantitative estimate of drug-likeness (QED) is 0.330. The van der Waals surface area contributed by atoms with Crippen molar-refractivity contribution in [2.75, 3.05) is 39.3 Å². The van der Waals surface area contributed by atoms with E-state index in [0.29, 0.717) is 11.8 Å². The minimum absolute atomic E-state index is 0.147. The minimum Gasteiger partial charge on any atom is -0.481 e. The van der Waals surface area contributed by atoms with Gasteiger partial charge in [-0.25, -0.2) is 4.39 Å². The van der Waals surface area contributed by atoms with Crippen molar-refractivity contribution in [3.8, 4) is 0 Å². The van der Waals surface area contributed by atoms with E-state index in [9.17, 15) is 14.3 Å². The van der Waals surface area contributed by atoms with E-state index in [1.54, 1.807) is 6.07 Å². The van der Waals surface area contributed by atoms with E-state index in [0.717, 1.165) is 64.1 Å². The fraction of sp³-hybridized carbons (Fsp3) is 0.471. The second kappa shape index (κ2) is 12.6. The van der Waals surface area contributed by atoms with Crippen molar-refractivity contribution in [2.24, 2.45) is 11.3 Å². The molecule has 3 aromatic rings. The lowest BCUT2D eigenvalue weighted by Crippen LogP contribution is -2.39. The highest BCUT2D eigenvalue weighted by Gasteiger charge is 2.38. The lowest BCUT2D eigenvalue weighted by atomic mass is 9.86. The number of carboxylic acid groups (broad SMARTS) is 1. The van der Waals surface area contributed by atoms with Gasteiger partial charge in [-0.3, -0.25) is 9.78 Å². The molecule has 0 spiro atoms. The summed E-state index contributed by atoms with van der Waals surface area (Å²) in [6.07, 6.45) is 7.31. The molecule has 5 rings (SSSR count). The van der Waals surface area contributed by atoms with E-state index >= 15 is 0 Å². The number of halogens is 1. The van der Waals surface area contributed by atoms with Gasteiger partial charge in [0, 0.05) is 44.5 Å². The number of piperidine rings is 1. The van der Waals surface area contributed by atoms with Gasteiger partial charge in [-0.05, 0) is 84.0 Å². The van der Waals surface area contributed by atoms with Crippen LogP contribution in [0.5, 0.6) is 0 Å². The topological polar surface area (TPSA) is 56.7 Å². The number of hydrogen-bond donors (Lipinski definition) is 1. The zero-order valence-corrected chi connectivity index (χ0v) is 23.8. The Hall–Kier alpha value is -3.09. The Balaban J connectivity index is 1.21. The lowest BCUT2D eigenvalue weighted by Gasteiger charge is -2.35. The lowest BCUT2D eigenvalue weighted by molar-refractivity contribution is -0.139. The second-order valence-electron chi connectivity index (χ2n) is 12.7. The first kappa shape index (κ1) is 28.4. The summed E-state index contributed by atoms with van der Waals surface area (Å²) in [4.78, 5) is 21.0. The van der Waals surface area contributed by atoms with Crippen molar-refractivity contribution in [3.05, 3.63) is 101 Å². The Labute approximate surface area is 238 Å². The summed E-state index contributed by atoms with van der Waals surface area (Å²) in [6, 6.07) is 19.9. The Bertz CT molecular complexity index is 1270. The van der Waals surface area contributed by atoms with Crippen LogP contribution in [0.2, 0.25) is 0 Å². The normalized spacial score (nSPS) is 21.1. The number of pyridine rings is 1. The van der Waals surface area contributed by atoms with Crippen molar-refractivity contribution in [2.45, 2.75) is 51.4 Å². The van der Waals surface area contributed by atoms with Crippen LogP contribution in [0.15, 0.2) is 73.1 Å². The van der Waals surface area contributed by atoms with Crippen molar-refractivity contribution in [1.29, 1.82) is 0 Å². The van der Waals surface area contributed by atoms with Crippen LogP contribution in [0.3, 0.4) is 0 Å². The third kappa shape index (κ3) is 7.55. The van der Waals surface area contributed by atoms with Gasteiger partial charge < -0.3 is 14.9 Å². The number of nitrogens with zero attached hydrogens (tertiary/aromatic N) is 3. The highest BCUT2D eigenvalue weighted by atomic mass is 19.1. The highest BCUT2D eigenvalue weighted by Crippen LogP contribution is 2.37. The van der Waals surface area contributed by atoms with E-state index in [2.05, 4.69) is 51.2 Å². The van der Waals surface area contributed by atoms with Gasteiger partial charge in [0.25, 0.3) is 0 Å². The van der Waals surface area contributed by atoms with Gasteiger partial charge in [0.05, 0.1) is 6.42 Å². The molecular weight excluding hydrogens is 501 g/mol. The fourth-order valence-corrected chi connectivity index (χ4v) is 6.90. The number of likely N-dealkylation sites (tertiary alicyclic amines) is 2. The second-order valence-corrected chi connectivity index (χ2v) is 12.7. The van der Waals surface area contributed by atoms with Gasteiger partial charge in [0.1, 0.15) is 5.82 Å². The van der Waals surface area contributed by atoms with E-state index in [4.69, 9.17) is 0 Å². The van der Waals surface area contributed by atoms with Gasteiger partial charge in [0.15, 0.2) is 0 Å². The number of benzene rings is 2. The van der Waals surface area contributed by atoms with Crippen LogP contribution in [0.4, 0.5) is 4.39 Å². The highest BCUT2D eigenvalue weighted by molar-refractivity contribution is 5.67. The van der Waals surface area contributed by atoms with Crippen LogP contribution in [-0.2, 0) is 11.2 Å². The molecular formula is C34H42FN3O2. The third-order valence-corrected chi connectivity index (χ3v) is 8.69. The Kier molecular flexibility index (Phi) is 8.97. The van der Waals surface area contributed by atoms with Gasteiger partial charge in [0.2, 0.25) is 0 Å². The first-order valence-electron chi connectivity index (χ1n) is 14.6. The Morgan fingerprint density at radius 1 is 0.950 bits per heavy atom. The van der Waals surface area contributed by atoms with E-state index in [1.807, 2.05) is 38.4 Å². The molecule has 212 valence electrons. The summed E-state index contributed by atoms with van der Waals surface area (Å²) >= 11 is 0. The molecule has 2 fully saturated rings. The van der Waals surface area contributed by atoms with Crippen molar-refractivity contribution in [3.63, 3.8) is 0 Å². The predicted molar refractivity (Wildman–Crippen MR) is 157 cm³/mol. The molecule has 0 amide bonds. The first-order chi connectivity index (χ1) is 19.2. The molecule has 0 saturated carbocycles. The van der Waals surface area contributed by atoms with Crippen LogP contribution >= 0.6 is 0 Å². The zero-order chi connectivity index (χ0) is 28.1. The summed E-state index contributed by atoms with van der Waals surface area (Å²) in [6.45, 7) is 9.62. The maximum Gasteiger partial charge on any atom is 0.303 e. The van der Waals surface area contributed by atoms with Crippen LogP contribution in [0, 0.1) is 17.2 Å². The average molecular weight is 544 g/mol. The number of carbonyl (C=O) groups is 1. The third-order valence-electron chi connectivity index (χ3n) is 8.69. The van der Waals surface area contributed by atoms with Crippen molar-refractivity contribution < 1.29 is 14.3 Å². The number of hydrogen-bond acceptors (Lipinski definition) is 4. The molecule has 2 aromatic carbocycles. The zero-order valence-electron chi connectivity index (χ0n) is 23.8. The van der Waals surface area contributed by atoms with Crippen LogP contribution < -0.4 is 0 Å². The molecule has 2 aliphatic heterocycles. The molecule has 0 bridgehead atoms.